The van der Waals surface area contributed by atoms with Gasteiger partial charge in [-0.25, -0.2) is 4.79 Å². The van der Waals surface area contributed by atoms with E-state index >= 15 is 0 Å². The lowest BCUT2D eigenvalue weighted by molar-refractivity contribution is -0.266. The third-order valence-corrected chi connectivity index (χ3v) is 15.4. The minimum atomic E-state index is -2.96. The topological polar surface area (TPSA) is 203 Å². The number of aliphatic hydroxyl groups excluding tert-OH is 1. The third kappa shape index (κ3) is 18.3. The predicted octanol–water partition coefficient (Wildman–Crippen LogP) is 7.46. The number of alkyl halides is 2. The Morgan fingerprint density at radius 2 is 1.57 bits per heavy atom. The van der Waals surface area contributed by atoms with Crippen molar-refractivity contribution in [2.45, 2.75) is 187 Å². The van der Waals surface area contributed by atoms with Gasteiger partial charge in [0.25, 0.3) is 11.7 Å². The molecule has 2 N–H and O–H groups in total. The number of cyclic esters (lactones) is 1. The molecule has 420 valence electrons. The molecule has 1 amide bonds. The summed E-state index contributed by atoms with van der Waals surface area (Å²) in [6.45, 7) is 10.8. The molecule has 74 heavy (non-hydrogen) atoms. The highest BCUT2D eigenvalue weighted by Crippen LogP contribution is 2.38. The minimum Gasteiger partial charge on any atom is -0.460 e. The summed E-state index contributed by atoms with van der Waals surface area (Å²) in [5, 5.41) is 23.6. The van der Waals surface area contributed by atoms with Gasteiger partial charge in [-0.2, -0.15) is 8.78 Å². The van der Waals surface area contributed by atoms with Crippen LogP contribution in [-0.2, 0) is 61.9 Å². The summed E-state index contributed by atoms with van der Waals surface area (Å²) in [7, 11) is 4.38. The van der Waals surface area contributed by atoms with Crippen molar-refractivity contribution in [1.29, 1.82) is 0 Å². The first-order chi connectivity index (χ1) is 35.1. The Hall–Kier alpha value is -3.59. The standard InChI is InChI=1S/C56H87F2NO15/c1-34-16-12-11-13-17-35(2)46(71-27-26-70-25-24-67-8)32-42-21-19-40(7)56(66,74-42)52(63)53(64)59-23-15-14-18-43(59)54(65)72-47(37(4)30-41-20-22-45(73-55(57)58)48(31-41)68-9)33-44(60)36(3)29-39(6)50(62)51(69-10)49(61)38(5)28-34/h11-13,16-17,29,34,36-38,40-43,45-48,50-51,55,62,66H,14-15,18-28,30-33H2,1-10H3/b13-11+,16-12+,35-17+,39-29+/t34-,36-,37-,38-,40-,41+,42+,43+,45-,46+,47+,48-,50-,51+,56-/m1/s1. The Labute approximate surface area is 437 Å². The van der Waals surface area contributed by atoms with E-state index in [4.69, 9.17) is 37.9 Å². The number of halogens is 2. The summed E-state index contributed by atoms with van der Waals surface area (Å²) in [4.78, 5) is 72.6. The van der Waals surface area contributed by atoms with Gasteiger partial charge < -0.3 is 53.0 Å². The largest absolute Gasteiger partial charge is 0.460 e. The molecule has 1 saturated carbocycles. The van der Waals surface area contributed by atoms with Crippen LogP contribution in [0.2, 0.25) is 0 Å². The number of carbonyl (C=O) groups is 5. The van der Waals surface area contributed by atoms with E-state index in [9.17, 15) is 43.0 Å². The number of methoxy groups -OCH3 is 3. The van der Waals surface area contributed by atoms with Crippen molar-refractivity contribution >= 4 is 29.2 Å². The maximum atomic E-state index is 14.5. The molecule has 0 radical (unpaired) electrons. The fourth-order valence-electron chi connectivity index (χ4n) is 10.8. The van der Waals surface area contributed by atoms with E-state index < -0.39 is 102 Å². The minimum absolute atomic E-state index is 0.0286. The average Bonchev–Trinajstić information content (AvgIpc) is 3.37. The van der Waals surface area contributed by atoms with Gasteiger partial charge in [-0.05, 0) is 107 Å². The van der Waals surface area contributed by atoms with E-state index in [0.29, 0.717) is 76.6 Å². The summed E-state index contributed by atoms with van der Waals surface area (Å²) in [5.41, 5.74) is 1.17. The smallest absolute Gasteiger partial charge is 0.345 e. The molecule has 3 aliphatic heterocycles. The molecule has 4 aliphatic rings. The van der Waals surface area contributed by atoms with Gasteiger partial charge in [-0.1, -0.05) is 71.1 Å². The highest BCUT2D eigenvalue weighted by atomic mass is 19.3. The number of aliphatic hydroxyl groups is 2. The number of fused-ring (bicyclic) bond motifs is 3. The van der Waals surface area contributed by atoms with Crippen molar-refractivity contribution in [3.8, 4) is 0 Å². The summed E-state index contributed by atoms with van der Waals surface area (Å²) >= 11 is 0. The van der Waals surface area contributed by atoms with E-state index in [1.807, 2.05) is 51.2 Å². The number of nitrogens with zero attached hydrogens (tertiary/aromatic N) is 1. The first-order valence-corrected chi connectivity index (χ1v) is 26.7. The van der Waals surface area contributed by atoms with Crippen molar-refractivity contribution in [3.05, 3.63) is 47.6 Å². The Kier molecular flexibility index (Phi) is 26.3. The number of Topliss-reactive ketones (excluding diaryl/α,β-unsaturated/α-hetero) is 3. The molecule has 0 aromatic carbocycles. The first-order valence-electron chi connectivity index (χ1n) is 26.7. The molecule has 0 spiro atoms. The van der Waals surface area contributed by atoms with Crippen LogP contribution >= 0.6 is 0 Å². The zero-order valence-electron chi connectivity index (χ0n) is 45.5. The first kappa shape index (κ1) is 62.9. The highest BCUT2D eigenvalue weighted by Gasteiger charge is 2.53. The quantitative estimate of drug-likeness (QED) is 0.0751. The Balaban J connectivity index is 1.71. The number of ketones is 3. The maximum absolute atomic E-state index is 14.5. The van der Waals surface area contributed by atoms with Gasteiger partial charge in [-0.3, -0.25) is 19.2 Å². The number of carbonyl (C=O) groups excluding carboxylic acids is 5. The molecule has 16 nitrogen and oxygen atoms in total. The van der Waals surface area contributed by atoms with Crippen LogP contribution in [-0.4, -0.2) is 160 Å². The van der Waals surface area contributed by atoms with Crippen molar-refractivity contribution in [1.82, 2.24) is 4.90 Å². The Morgan fingerprint density at radius 3 is 2.26 bits per heavy atom. The van der Waals surface area contributed by atoms with Gasteiger partial charge in [0.15, 0.2) is 5.78 Å². The van der Waals surface area contributed by atoms with E-state index in [2.05, 4.69) is 0 Å². The monoisotopic (exact) mass is 1050 g/mol. The van der Waals surface area contributed by atoms with E-state index in [-0.39, 0.29) is 62.4 Å². The molecular weight excluding hydrogens is 965 g/mol. The molecule has 2 bridgehead atoms. The van der Waals surface area contributed by atoms with Crippen molar-refractivity contribution in [2.75, 3.05) is 54.3 Å². The normalized spacial score (nSPS) is 37.0. The number of hydrogen-bond donors (Lipinski definition) is 2. The van der Waals surface area contributed by atoms with Crippen LogP contribution in [0.4, 0.5) is 8.78 Å². The zero-order valence-corrected chi connectivity index (χ0v) is 45.5. The predicted molar refractivity (Wildman–Crippen MR) is 272 cm³/mol. The maximum Gasteiger partial charge on any atom is 0.345 e. The van der Waals surface area contributed by atoms with Gasteiger partial charge >= 0.3 is 12.6 Å². The van der Waals surface area contributed by atoms with Crippen LogP contribution in [0.25, 0.3) is 0 Å². The Bertz CT molecular complexity index is 1940. The summed E-state index contributed by atoms with van der Waals surface area (Å²) in [6, 6.07) is -1.22. The molecule has 18 heteroatoms. The van der Waals surface area contributed by atoms with Gasteiger partial charge in [0, 0.05) is 58.5 Å². The van der Waals surface area contributed by atoms with Crippen LogP contribution in [0, 0.1) is 35.5 Å². The van der Waals surface area contributed by atoms with Gasteiger partial charge in [0.05, 0.1) is 50.8 Å². The number of esters is 1. The summed E-state index contributed by atoms with van der Waals surface area (Å²) in [5.74, 6) is -8.87. The lowest BCUT2D eigenvalue weighted by Gasteiger charge is -2.43. The number of amides is 1. The lowest BCUT2D eigenvalue weighted by atomic mass is 9.78. The second-order valence-electron chi connectivity index (χ2n) is 21.2. The second-order valence-corrected chi connectivity index (χ2v) is 21.2. The van der Waals surface area contributed by atoms with E-state index in [0.717, 1.165) is 10.5 Å². The number of piperidine rings is 1. The van der Waals surface area contributed by atoms with E-state index in [1.165, 1.54) is 14.2 Å². The molecule has 3 fully saturated rings. The van der Waals surface area contributed by atoms with Gasteiger partial charge in [0.2, 0.25) is 5.79 Å². The van der Waals surface area contributed by atoms with Crippen molar-refractivity contribution < 1.29 is 80.9 Å². The van der Waals surface area contributed by atoms with Crippen LogP contribution < -0.4 is 0 Å². The van der Waals surface area contributed by atoms with E-state index in [1.54, 1.807) is 40.9 Å². The molecule has 0 unspecified atom stereocenters. The number of allylic oxidation sites excluding steroid dienone is 6. The van der Waals surface area contributed by atoms with Crippen molar-refractivity contribution in [2.24, 2.45) is 35.5 Å². The summed E-state index contributed by atoms with van der Waals surface area (Å²) < 4.78 is 72.1. The van der Waals surface area contributed by atoms with Crippen LogP contribution in [0.5, 0.6) is 0 Å². The highest BCUT2D eigenvalue weighted by molar-refractivity contribution is 6.39. The fourth-order valence-corrected chi connectivity index (χ4v) is 10.8. The fraction of sp³-hybridized carbons (Fsp3) is 0.768. The molecule has 2 saturated heterocycles. The lowest BCUT2D eigenvalue weighted by Crippen LogP contribution is -2.61. The van der Waals surface area contributed by atoms with Gasteiger partial charge in [0.1, 0.15) is 30.1 Å². The van der Waals surface area contributed by atoms with Crippen LogP contribution in [0.3, 0.4) is 0 Å². The molecular formula is C56H87F2NO15. The molecule has 3 heterocycles. The average molecular weight is 1050 g/mol. The van der Waals surface area contributed by atoms with Crippen molar-refractivity contribution in [3.63, 3.8) is 0 Å². The third-order valence-electron chi connectivity index (χ3n) is 15.4. The van der Waals surface area contributed by atoms with Crippen LogP contribution in [0.15, 0.2) is 47.6 Å². The van der Waals surface area contributed by atoms with Gasteiger partial charge in [-0.15, -0.1) is 0 Å². The molecule has 4 rings (SSSR count). The number of ether oxygens (including phenoxy) is 8. The zero-order chi connectivity index (χ0) is 54.7. The number of hydrogen-bond acceptors (Lipinski definition) is 15. The second kappa shape index (κ2) is 31.0. The number of rotatable bonds is 14. The Morgan fingerprint density at radius 1 is 0.838 bits per heavy atom. The molecule has 0 aromatic rings. The molecule has 15 atom stereocenters. The molecule has 0 aromatic heterocycles. The summed E-state index contributed by atoms with van der Waals surface area (Å²) in [6.07, 6.45) is 8.87. The SMILES string of the molecule is COCCOCCO[C@H]1C[C@@H]2CC[C@@H](C)[C@@](O)(O2)C(=O)C(=O)N2CCCC[C@H]2C(=O)O[C@H]([C@H](C)C[C@@H]2CC[C@@H](OC(F)F)[C@H](OC)C2)CC(=O)[C@H](C)/C=C(\C)[C@@H](O)[C@@H](OC)C(=O)[C@H](C)C[C@H](C)/C=C/C=C/C=C/1C. The van der Waals surface area contributed by atoms with Crippen LogP contribution in [0.1, 0.15) is 126 Å². The molecule has 1 aliphatic carbocycles.